The standard InChI is InChI=1S/C13H18N4O4/c14-16-12-10(4-1-5-11(12)17(19)20)13(18)15-7-6-9-3-2-8-21-9/h1,4-5,9,16H,2-3,6-8,14H2,(H,15,18). The van der Waals surface area contributed by atoms with Gasteiger partial charge in [-0.05, 0) is 25.3 Å². The van der Waals surface area contributed by atoms with Crippen molar-refractivity contribution in [2.75, 3.05) is 18.6 Å². The van der Waals surface area contributed by atoms with E-state index in [1.807, 2.05) is 0 Å². The normalized spacial score (nSPS) is 17.5. The number of carbonyl (C=O) groups excluding carboxylic acids is 1. The zero-order chi connectivity index (χ0) is 15.2. The molecule has 1 aromatic carbocycles. The molecule has 0 radical (unpaired) electrons. The highest BCUT2D eigenvalue weighted by atomic mass is 16.6. The van der Waals surface area contributed by atoms with Gasteiger partial charge in [0.25, 0.3) is 11.6 Å². The SMILES string of the molecule is NNc1c(C(=O)NCCC2CCCO2)cccc1[N+](=O)[O-]. The molecule has 0 spiro atoms. The molecule has 8 heteroatoms. The Hall–Kier alpha value is -2.19. The van der Waals surface area contributed by atoms with Gasteiger partial charge >= 0.3 is 0 Å². The third-order valence-electron chi connectivity index (χ3n) is 3.40. The topological polar surface area (TPSA) is 120 Å². The number of ether oxygens (including phenoxy) is 1. The van der Waals surface area contributed by atoms with Crippen LogP contribution in [0, 0.1) is 10.1 Å². The summed E-state index contributed by atoms with van der Waals surface area (Å²) in [4.78, 5) is 22.4. The minimum Gasteiger partial charge on any atom is -0.378 e. The molecular formula is C13H18N4O4. The molecule has 0 aromatic heterocycles. The van der Waals surface area contributed by atoms with E-state index in [1.54, 1.807) is 0 Å². The Labute approximate surface area is 121 Å². The van der Waals surface area contributed by atoms with Gasteiger partial charge in [-0.25, -0.2) is 0 Å². The molecule has 2 rings (SSSR count). The fraction of sp³-hybridized carbons (Fsp3) is 0.462. The molecule has 1 aromatic rings. The number of nitrogens with two attached hydrogens (primary N) is 1. The van der Waals surface area contributed by atoms with Crippen molar-refractivity contribution in [1.82, 2.24) is 5.32 Å². The number of para-hydroxylation sites is 1. The second-order valence-corrected chi connectivity index (χ2v) is 4.78. The van der Waals surface area contributed by atoms with Crippen molar-refractivity contribution in [1.29, 1.82) is 0 Å². The van der Waals surface area contributed by atoms with E-state index in [-0.39, 0.29) is 23.0 Å². The Morgan fingerprint density at radius 2 is 2.33 bits per heavy atom. The first-order valence-corrected chi connectivity index (χ1v) is 6.77. The smallest absolute Gasteiger partial charge is 0.294 e. The maximum absolute atomic E-state index is 12.1. The molecular weight excluding hydrogens is 276 g/mol. The second-order valence-electron chi connectivity index (χ2n) is 4.78. The molecule has 1 amide bonds. The maximum Gasteiger partial charge on any atom is 0.294 e. The first-order valence-electron chi connectivity index (χ1n) is 6.77. The maximum atomic E-state index is 12.1. The lowest BCUT2D eigenvalue weighted by atomic mass is 10.1. The summed E-state index contributed by atoms with van der Waals surface area (Å²) in [7, 11) is 0. The van der Waals surface area contributed by atoms with Crippen LogP contribution in [-0.2, 0) is 4.74 Å². The van der Waals surface area contributed by atoms with Gasteiger partial charge in [0.05, 0.1) is 16.6 Å². The van der Waals surface area contributed by atoms with Crippen LogP contribution in [0.5, 0.6) is 0 Å². The molecule has 1 atom stereocenters. The van der Waals surface area contributed by atoms with Crippen LogP contribution in [0.2, 0.25) is 0 Å². The van der Waals surface area contributed by atoms with Gasteiger partial charge in [0, 0.05) is 19.2 Å². The monoisotopic (exact) mass is 294 g/mol. The number of rotatable bonds is 6. The third-order valence-corrected chi connectivity index (χ3v) is 3.40. The number of nitro benzene ring substituents is 1. The quantitative estimate of drug-likeness (QED) is 0.411. The van der Waals surface area contributed by atoms with E-state index in [1.165, 1.54) is 18.2 Å². The largest absolute Gasteiger partial charge is 0.378 e. The molecule has 1 aliphatic heterocycles. The van der Waals surface area contributed by atoms with Gasteiger partial charge in [-0.2, -0.15) is 0 Å². The molecule has 8 nitrogen and oxygen atoms in total. The number of amides is 1. The van der Waals surface area contributed by atoms with Crippen molar-refractivity contribution in [2.24, 2.45) is 5.84 Å². The van der Waals surface area contributed by atoms with E-state index in [2.05, 4.69) is 10.7 Å². The van der Waals surface area contributed by atoms with E-state index >= 15 is 0 Å². The molecule has 1 fully saturated rings. The van der Waals surface area contributed by atoms with E-state index in [0.29, 0.717) is 6.54 Å². The van der Waals surface area contributed by atoms with Gasteiger partial charge in [-0.15, -0.1) is 0 Å². The van der Waals surface area contributed by atoms with Gasteiger partial charge in [-0.1, -0.05) is 6.07 Å². The Bertz CT molecular complexity index is 529. The average Bonchev–Trinajstić information content (AvgIpc) is 2.99. The Kier molecular flexibility index (Phi) is 5.07. The number of hydrazine groups is 1. The van der Waals surface area contributed by atoms with Crippen LogP contribution in [0.4, 0.5) is 11.4 Å². The van der Waals surface area contributed by atoms with E-state index in [9.17, 15) is 14.9 Å². The van der Waals surface area contributed by atoms with Crippen LogP contribution >= 0.6 is 0 Å². The summed E-state index contributed by atoms with van der Waals surface area (Å²) in [6.07, 6.45) is 2.96. The van der Waals surface area contributed by atoms with Crippen molar-refractivity contribution >= 4 is 17.3 Å². The lowest BCUT2D eigenvalue weighted by Crippen LogP contribution is -2.28. The lowest BCUT2D eigenvalue weighted by Gasteiger charge is -2.12. The number of hydrogen-bond acceptors (Lipinski definition) is 6. The highest BCUT2D eigenvalue weighted by Gasteiger charge is 2.21. The molecule has 0 aliphatic carbocycles. The minimum absolute atomic E-state index is 0.0112. The number of benzene rings is 1. The van der Waals surface area contributed by atoms with Gasteiger partial charge in [0.15, 0.2) is 0 Å². The third kappa shape index (κ3) is 3.67. The van der Waals surface area contributed by atoms with E-state index < -0.39 is 10.8 Å². The Balaban J connectivity index is 2.01. The summed E-state index contributed by atoms with van der Waals surface area (Å²) < 4.78 is 5.46. The average molecular weight is 294 g/mol. The highest BCUT2D eigenvalue weighted by Crippen LogP contribution is 2.27. The van der Waals surface area contributed by atoms with Crippen LogP contribution in [0.25, 0.3) is 0 Å². The molecule has 0 saturated carbocycles. The van der Waals surface area contributed by atoms with Crippen LogP contribution in [0.15, 0.2) is 18.2 Å². The van der Waals surface area contributed by atoms with Crippen molar-refractivity contribution < 1.29 is 14.5 Å². The fourth-order valence-corrected chi connectivity index (χ4v) is 2.35. The number of carbonyl (C=O) groups is 1. The Morgan fingerprint density at radius 1 is 1.52 bits per heavy atom. The number of nitrogen functional groups attached to an aromatic ring is 1. The van der Waals surface area contributed by atoms with Gasteiger partial charge in [0.2, 0.25) is 0 Å². The highest BCUT2D eigenvalue weighted by molar-refractivity contribution is 6.01. The molecule has 4 N–H and O–H groups in total. The first kappa shape index (κ1) is 15.2. The molecule has 0 bridgehead atoms. The van der Waals surface area contributed by atoms with Crippen LogP contribution < -0.4 is 16.6 Å². The molecule has 1 heterocycles. The van der Waals surface area contributed by atoms with Crippen molar-refractivity contribution in [2.45, 2.75) is 25.4 Å². The van der Waals surface area contributed by atoms with Gasteiger partial charge < -0.3 is 15.5 Å². The summed E-state index contributed by atoms with van der Waals surface area (Å²) in [5.41, 5.74) is 2.16. The number of anilines is 1. The van der Waals surface area contributed by atoms with Crippen LogP contribution in [0.3, 0.4) is 0 Å². The van der Waals surface area contributed by atoms with Crippen molar-refractivity contribution in [3.05, 3.63) is 33.9 Å². The molecule has 1 aliphatic rings. The van der Waals surface area contributed by atoms with Crippen molar-refractivity contribution in [3.63, 3.8) is 0 Å². The number of nitrogens with one attached hydrogen (secondary N) is 2. The molecule has 1 unspecified atom stereocenters. The summed E-state index contributed by atoms with van der Waals surface area (Å²) in [5, 5.41) is 13.6. The zero-order valence-electron chi connectivity index (χ0n) is 11.5. The molecule has 114 valence electrons. The number of nitrogens with zero attached hydrogens (tertiary/aromatic N) is 1. The van der Waals surface area contributed by atoms with Crippen LogP contribution in [0.1, 0.15) is 29.6 Å². The van der Waals surface area contributed by atoms with Gasteiger partial charge in [-0.3, -0.25) is 20.8 Å². The molecule has 1 saturated heterocycles. The summed E-state index contributed by atoms with van der Waals surface area (Å²) in [6, 6.07) is 4.23. The minimum atomic E-state index is -0.585. The zero-order valence-corrected chi connectivity index (χ0v) is 11.5. The number of nitro groups is 1. The van der Waals surface area contributed by atoms with Crippen molar-refractivity contribution in [3.8, 4) is 0 Å². The lowest BCUT2D eigenvalue weighted by molar-refractivity contribution is -0.384. The Morgan fingerprint density at radius 3 is 2.95 bits per heavy atom. The van der Waals surface area contributed by atoms with E-state index in [0.717, 1.165) is 25.9 Å². The van der Waals surface area contributed by atoms with E-state index in [4.69, 9.17) is 10.6 Å². The van der Waals surface area contributed by atoms with Gasteiger partial charge in [0.1, 0.15) is 5.69 Å². The summed E-state index contributed by atoms with van der Waals surface area (Å²) in [6.45, 7) is 1.22. The number of hydrogen-bond donors (Lipinski definition) is 3. The molecule has 21 heavy (non-hydrogen) atoms. The predicted octanol–water partition coefficient (Wildman–Crippen LogP) is 1.18. The fourth-order valence-electron chi connectivity index (χ4n) is 2.35. The predicted molar refractivity (Wildman–Crippen MR) is 76.8 cm³/mol. The summed E-state index contributed by atoms with van der Waals surface area (Å²) in [5.74, 6) is 4.90. The summed E-state index contributed by atoms with van der Waals surface area (Å²) >= 11 is 0. The first-order chi connectivity index (χ1) is 10.1. The van der Waals surface area contributed by atoms with Crippen LogP contribution in [-0.4, -0.2) is 30.1 Å². The second kappa shape index (κ2) is 7.00.